The van der Waals surface area contributed by atoms with Gasteiger partial charge in [0.1, 0.15) is 0 Å². The fourth-order valence-corrected chi connectivity index (χ4v) is 4.14. The number of nitrogens with zero attached hydrogens (tertiary/aromatic N) is 2. The molecule has 4 rings (SSSR count). The highest BCUT2D eigenvalue weighted by Crippen LogP contribution is 2.39. The predicted molar refractivity (Wildman–Crippen MR) is 105 cm³/mol. The van der Waals surface area contributed by atoms with E-state index >= 15 is 0 Å². The number of para-hydroxylation sites is 1. The maximum absolute atomic E-state index is 13.1. The lowest BCUT2D eigenvalue weighted by Gasteiger charge is -2.37. The van der Waals surface area contributed by atoms with E-state index in [1.807, 2.05) is 0 Å². The number of fused-ring (bicyclic) bond motifs is 1. The molecule has 1 aliphatic heterocycles. The number of aromatic nitrogens is 1. The Morgan fingerprint density at radius 2 is 1.83 bits per heavy atom. The van der Waals surface area contributed by atoms with Gasteiger partial charge in [0, 0.05) is 24.3 Å². The minimum Gasteiger partial charge on any atom is -0.346 e. The summed E-state index contributed by atoms with van der Waals surface area (Å²) in [4.78, 5) is 29.6. The van der Waals surface area contributed by atoms with Gasteiger partial charge in [0.05, 0.1) is 21.7 Å². The highest BCUT2D eigenvalue weighted by Gasteiger charge is 2.37. The van der Waals surface area contributed by atoms with Crippen molar-refractivity contribution in [3.05, 3.63) is 53.6 Å². The van der Waals surface area contributed by atoms with Crippen LogP contribution in [0.5, 0.6) is 0 Å². The first-order chi connectivity index (χ1) is 13.7. The van der Waals surface area contributed by atoms with Crippen LogP contribution in [0.2, 0.25) is 0 Å². The SMILES string of the molecule is CC(=O)c1ccc(NC(=O)C2CN(c3nc4c(C(F)(F)F)cccc4s3)C2)cc1. The Labute approximate surface area is 168 Å². The summed E-state index contributed by atoms with van der Waals surface area (Å²) < 4.78 is 39.9. The number of amides is 1. The number of benzene rings is 2. The summed E-state index contributed by atoms with van der Waals surface area (Å²) in [6.07, 6.45) is -4.46. The van der Waals surface area contributed by atoms with Crippen LogP contribution in [-0.4, -0.2) is 29.8 Å². The standard InChI is InChI=1S/C20H16F3N3O2S/c1-11(27)12-5-7-14(8-6-12)24-18(28)13-9-26(10-13)19-25-17-15(20(21,22)23)3-2-4-16(17)29-19/h2-8,13H,9-10H2,1H3,(H,24,28). The monoisotopic (exact) mass is 419 g/mol. The second kappa shape index (κ2) is 7.14. The molecule has 0 aliphatic carbocycles. The first kappa shape index (κ1) is 19.4. The van der Waals surface area contributed by atoms with Crippen molar-refractivity contribution in [2.24, 2.45) is 5.92 Å². The molecule has 0 bridgehead atoms. The number of thiazole rings is 1. The van der Waals surface area contributed by atoms with Gasteiger partial charge in [-0.25, -0.2) is 4.98 Å². The smallest absolute Gasteiger partial charge is 0.346 e. The van der Waals surface area contributed by atoms with Crippen LogP contribution in [0.15, 0.2) is 42.5 Å². The van der Waals surface area contributed by atoms with Crippen molar-refractivity contribution in [3.63, 3.8) is 0 Å². The van der Waals surface area contributed by atoms with Gasteiger partial charge in [0.15, 0.2) is 10.9 Å². The summed E-state index contributed by atoms with van der Waals surface area (Å²) in [6.45, 7) is 2.24. The number of hydrogen-bond donors (Lipinski definition) is 1. The Morgan fingerprint density at radius 3 is 2.45 bits per heavy atom. The molecule has 0 unspecified atom stereocenters. The quantitative estimate of drug-likeness (QED) is 0.629. The van der Waals surface area contributed by atoms with Gasteiger partial charge in [0.25, 0.3) is 0 Å². The highest BCUT2D eigenvalue weighted by molar-refractivity contribution is 7.22. The zero-order valence-corrected chi connectivity index (χ0v) is 16.1. The maximum Gasteiger partial charge on any atom is 0.418 e. The summed E-state index contributed by atoms with van der Waals surface area (Å²) >= 11 is 1.18. The van der Waals surface area contributed by atoms with Crippen LogP contribution in [0.1, 0.15) is 22.8 Å². The second-order valence-electron chi connectivity index (χ2n) is 6.87. The summed E-state index contributed by atoms with van der Waals surface area (Å²) in [7, 11) is 0. The fraction of sp³-hybridized carbons (Fsp3) is 0.250. The number of ketones is 1. The van der Waals surface area contributed by atoms with Crippen molar-refractivity contribution < 1.29 is 22.8 Å². The van der Waals surface area contributed by atoms with Crippen LogP contribution in [0.25, 0.3) is 10.2 Å². The molecular weight excluding hydrogens is 403 g/mol. The zero-order chi connectivity index (χ0) is 20.8. The van der Waals surface area contributed by atoms with E-state index in [1.165, 1.54) is 24.3 Å². The molecule has 2 heterocycles. The maximum atomic E-state index is 13.1. The molecule has 0 spiro atoms. The summed E-state index contributed by atoms with van der Waals surface area (Å²) in [5, 5.41) is 3.27. The van der Waals surface area contributed by atoms with E-state index in [4.69, 9.17) is 0 Å². The highest BCUT2D eigenvalue weighted by atomic mass is 32.1. The summed E-state index contributed by atoms with van der Waals surface area (Å²) in [5.41, 5.74) is 0.347. The number of halogens is 3. The van der Waals surface area contributed by atoms with Crippen LogP contribution in [0.3, 0.4) is 0 Å². The molecule has 3 aromatic rings. The Balaban J connectivity index is 1.42. The Morgan fingerprint density at radius 1 is 1.14 bits per heavy atom. The van der Waals surface area contributed by atoms with E-state index < -0.39 is 11.7 Å². The third-order valence-electron chi connectivity index (χ3n) is 4.79. The molecule has 2 aromatic carbocycles. The van der Waals surface area contributed by atoms with Gasteiger partial charge in [0.2, 0.25) is 5.91 Å². The van der Waals surface area contributed by atoms with E-state index in [1.54, 1.807) is 35.2 Å². The van der Waals surface area contributed by atoms with E-state index in [2.05, 4.69) is 10.3 Å². The third kappa shape index (κ3) is 3.82. The molecule has 1 aromatic heterocycles. The van der Waals surface area contributed by atoms with Gasteiger partial charge >= 0.3 is 6.18 Å². The molecule has 1 fully saturated rings. The molecule has 1 saturated heterocycles. The number of hydrogen-bond acceptors (Lipinski definition) is 5. The molecule has 1 N–H and O–H groups in total. The molecule has 9 heteroatoms. The summed E-state index contributed by atoms with van der Waals surface area (Å²) in [5.74, 6) is -0.507. The van der Waals surface area contributed by atoms with Crippen LogP contribution >= 0.6 is 11.3 Å². The Bertz CT molecular complexity index is 1090. The Hall–Kier alpha value is -2.94. The van der Waals surface area contributed by atoms with Crippen molar-refractivity contribution in [1.29, 1.82) is 0 Å². The van der Waals surface area contributed by atoms with E-state index in [0.29, 0.717) is 34.2 Å². The molecule has 29 heavy (non-hydrogen) atoms. The lowest BCUT2D eigenvalue weighted by Crippen LogP contribution is -2.52. The van der Waals surface area contributed by atoms with Crippen LogP contribution in [0, 0.1) is 5.92 Å². The first-order valence-corrected chi connectivity index (χ1v) is 9.67. The van der Waals surface area contributed by atoms with E-state index in [-0.39, 0.29) is 23.1 Å². The molecule has 5 nitrogen and oxygen atoms in total. The predicted octanol–water partition coefficient (Wildman–Crippen LogP) is 4.59. The Kier molecular flexibility index (Phi) is 4.77. The van der Waals surface area contributed by atoms with Gasteiger partial charge < -0.3 is 10.2 Å². The minimum atomic E-state index is -4.46. The minimum absolute atomic E-state index is 0.0537. The first-order valence-electron chi connectivity index (χ1n) is 8.86. The van der Waals surface area contributed by atoms with E-state index in [9.17, 15) is 22.8 Å². The molecule has 0 saturated carbocycles. The van der Waals surface area contributed by atoms with E-state index in [0.717, 1.165) is 6.07 Å². The van der Waals surface area contributed by atoms with Crippen molar-refractivity contribution in [2.75, 3.05) is 23.3 Å². The number of rotatable bonds is 4. The van der Waals surface area contributed by atoms with Crippen molar-refractivity contribution in [3.8, 4) is 0 Å². The van der Waals surface area contributed by atoms with Crippen molar-refractivity contribution in [2.45, 2.75) is 13.1 Å². The van der Waals surface area contributed by atoms with Gasteiger partial charge in [-0.2, -0.15) is 13.2 Å². The average molecular weight is 419 g/mol. The molecule has 0 atom stereocenters. The lowest BCUT2D eigenvalue weighted by atomic mass is 10.00. The third-order valence-corrected chi connectivity index (χ3v) is 5.88. The normalized spacial score (nSPS) is 14.7. The topological polar surface area (TPSA) is 62.3 Å². The molecule has 0 radical (unpaired) electrons. The largest absolute Gasteiger partial charge is 0.418 e. The summed E-state index contributed by atoms with van der Waals surface area (Å²) in [6, 6.07) is 10.6. The van der Waals surface area contributed by atoms with Gasteiger partial charge in [-0.05, 0) is 43.3 Å². The number of Topliss-reactive ketones (excluding diaryl/α,β-unsaturated/α-hetero) is 1. The number of nitrogens with one attached hydrogen (secondary N) is 1. The van der Waals surface area contributed by atoms with Gasteiger partial charge in [-0.1, -0.05) is 17.4 Å². The second-order valence-corrected chi connectivity index (χ2v) is 7.88. The number of carbonyl (C=O) groups is 2. The van der Waals surface area contributed by atoms with Crippen LogP contribution < -0.4 is 10.2 Å². The van der Waals surface area contributed by atoms with Gasteiger partial charge in [-0.15, -0.1) is 0 Å². The van der Waals surface area contributed by atoms with Gasteiger partial charge in [-0.3, -0.25) is 9.59 Å². The van der Waals surface area contributed by atoms with Crippen LogP contribution in [0.4, 0.5) is 24.0 Å². The number of anilines is 2. The molecule has 150 valence electrons. The van der Waals surface area contributed by atoms with Crippen molar-refractivity contribution in [1.82, 2.24) is 4.98 Å². The molecule has 1 amide bonds. The number of carbonyl (C=O) groups excluding carboxylic acids is 2. The zero-order valence-electron chi connectivity index (χ0n) is 15.3. The number of alkyl halides is 3. The average Bonchev–Trinajstić information content (AvgIpc) is 3.03. The fourth-order valence-electron chi connectivity index (χ4n) is 3.13. The van der Waals surface area contributed by atoms with Crippen LogP contribution in [-0.2, 0) is 11.0 Å². The molecular formula is C20H16F3N3O2S. The van der Waals surface area contributed by atoms with Crippen molar-refractivity contribution >= 4 is 44.1 Å². The molecule has 1 aliphatic rings. The lowest BCUT2D eigenvalue weighted by molar-refractivity contribution is -0.136.